The number of rotatable bonds is 5. The molecule has 0 spiro atoms. The smallest absolute Gasteiger partial charge is 0.187 e. The molecule has 0 aromatic heterocycles. The first-order valence-electron chi connectivity index (χ1n) is 9.22. The highest BCUT2D eigenvalue weighted by molar-refractivity contribution is 4.94. The van der Waals surface area contributed by atoms with Crippen molar-refractivity contribution in [3.8, 4) is 0 Å². The van der Waals surface area contributed by atoms with E-state index in [0.29, 0.717) is 19.4 Å². The Morgan fingerprint density at radius 2 is 1.73 bits per heavy atom. The summed E-state index contributed by atoms with van der Waals surface area (Å²) in [5, 5.41) is 30.4. The monoisotopic (exact) mass is 377 g/mol. The predicted octanol–water partition coefficient (Wildman–Crippen LogP) is -2.89. The minimum atomic E-state index is -1.17. The van der Waals surface area contributed by atoms with Crippen LogP contribution in [0.1, 0.15) is 25.7 Å². The summed E-state index contributed by atoms with van der Waals surface area (Å²) in [5.41, 5.74) is 17.8. The Morgan fingerprint density at radius 3 is 2.42 bits per heavy atom. The van der Waals surface area contributed by atoms with Crippen LogP contribution in [-0.2, 0) is 18.9 Å². The molecule has 3 fully saturated rings. The maximum Gasteiger partial charge on any atom is 0.187 e. The van der Waals surface area contributed by atoms with Crippen LogP contribution in [0.3, 0.4) is 0 Å². The van der Waals surface area contributed by atoms with E-state index in [1.54, 1.807) is 0 Å². The third kappa shape index (κ3) is 4.36. The molecular weight excluding hydrogens is 346 g/mol. The Morgan fingerprint density at radius 1 is 0.962 bits per heavy atom. The van der Waals surface area contributed by atoms with Gasteiger partial charge in [-0.25, -0.2) is 0 Å². The Bertz CT molecular complexity index is 460. The molecule has 10 atom stereocenters. The summed E-state index contributed by atoms with van der Waals surface area (Å²) in [6.07, 6.45) is -3.67. The van der Waals surface area contributed by atoms with Crippen molar-refractivity contribution >= 4 is 0 Å². The molecule has 0 aromatic carbocycles. The van der Waals surface area contributed by atoms with Crippen LogP contribution in [0.4, 0.5) is 0 Å². The van der Waals surface area contributed by atoms with E-state index in [0.717, 1.165) is 12.8 Å². The van der Waals surface area contributed by atoms with Gasteiger partial charge in [0.05, 0.1) is 24.9 Å². The largest absolute Gasteiger partial charge is 0.394 e. The summed E-state index contributed by atoms with van der Waals surface area (Å²) < 4.78 is 22.7. The molecule has 152 valence electrons. The molecule has 0 amide bonds. The van der Waals surface area contributed by atoms with E-state index in [9.17, 15) is 15.3 Å². The van der Waals surface area contributed by atoms with E-state index in [-0.39, 0.29) is 18.7 Å². The molecule has 0 unspecified atom stereocenters. The average molecular weight is 377 g/mol. The van der Waals surface area contributed by atoms with Crippen molar-refractivity contribution in [2.45, 2.75) is 86.9 Å². The third-order valence-corrected chi connectivity index (χ3v) is 5.31. The number of ether oxygens (including phenoxy) is 4. The van der Waals surface area contributed by atoms with Crippen molar-refractivity contribution < 1.29 is 34.3 Å². The van der Waals surface area contributed by atoms with Gasteiger partial charge in [-0.1, -0.05) is 0 Å². The number of hydrogen-bond donors (Lipinski definition) is 6. The van der Waals surface area contributed by atoms with E-state index >= 15 is 0 Å². The van der Waals surface area contributed by atoms with Gasteiger partial charge in [-0.2, -0.15) is 0 Å². The second kappa shape index (κ2) is 8.74. The summed E-state index contributed by atoms with van der Waals surface area (Å²) in [4.78, 5) is 0. The van der Waals surface area contributed by atoms with Gasteiger partial charge in [0.15, 0.2) is 12.6 Å². The number of aliphatic hydroxyl groups excluding tert-OH is 3. The quantitative estimate of drug-likeness (QED) is 0.291. The average Bonchev–Trinajstić information content (AvgIpc) is 2.90. The highest BCUT2D eigenvalue weighted by atomic mass is 16.7. The molecule has 1 aliphatic carbocycles. The Labute approximate surface area is 152 Å². The van der Waals surface area contributed by atoms with Crippen LogP contribution in [0.15, 0.2) is 0 Å². The van der Waals surface area contributed by atoms with Crippen LogP contribution in [0.5, 0.6) is 0 Å². The van der Waals surface area contributed by atoms with Crippen LogP contribution in [0, 0.1) is 0 Å². The molecule has 9 N–H and O–H groups in total. The highest BCUT2D eigenvalue weighted by Crippen LogP contribution is 2.31. The van der Waals surface area contributed by atoms with Gasteiger partial charge < -0.3 is 51.5 Å². The van der Waals surface area contributed by atoms with Crippen LogP contribution in [0.2, 0.25) is 0 Å². The van der Waals surface area contributed by atoms with Crippen molar-refractivity contribution in [3.63, 3.8) is 0 Å². The van der Waals surface area contributed by atoms with Gasteiger partial charge in [0, 0.05) is 18.7 Å². The fourth-order valence-electron chi connectivity index (χ4n) is 3.81. The number of hydrogen-bond acceptors (Lipinski definition) is 10. The van der Waals surface area contributed by atoms with Crippen molar-refractivity contribution in [2.24, 2.45) is 17.2 Å². The lowest BCUT2D eigenvalue weighted by atomic mass is 9.87. The molecule has 3 aliphatic rings. The lowest BCUT2D eigenvalue weighted by Crippen LogP contribution is -2.55. The van der Waals surface area contributed by atoms with E-state index in [1.165, 1.54) is 0 Å². The molecule has 2 heterocycles. The normalized spacial score (nSPS) is 50.1. The summed E-state index contributed by atoms with van der Waals surface area (Å²) in [6.45, 7) is 0.158. The third-order valence-electron chi connectivity index (χ3n) is 5.31. The first-order valence-corrected chi connectivity index (χ1v) is 9.22. The van der Waals surface area contributed by atoms with Crippen LogP contribution >= 0.6 is 0 Å². The standard InChI is InChI=1S/C16H31N3O7/c17-7-4-9(19)12(21)10(5-7)24-16-13(22)14(11(6-20)25-16)26-15-8(18)2-1-3-23-15/h7-16,20-22H,1-6,17-19H2/t7-,8+,9+,10-,11+,12-,13+,14+,15+,16+/m0/s1. The lowest BCUT2D eigenvalue weighted by Gasteiger charge is -2.37. The minimum Gasteiger partial charge on any atom is -0.394 e. The molecule has 1 saturated carbocycles. The lowest BCUT2D eigenvalue weighted by molar-refractivity contribution is -0.224. The van der Waals surface area contributed by atoms with Crippen molar-refractivity contribution in [1.82, 2.24) is 0 Å². The summed E-state index contributed by atoms with van der Waals surface area (Å²) in [5.74, 6) is 0. The fourth-order valence-corrected chi connectivity index (χ4v) is 3.81. The first kappa shape index (κ1) is 20.3. The van der Waals surface area contributed by atoms with E-state index in [1.807, 2.05) is 0 Å². The van der Waals surface area contributed by atoms with Gasteiger partial charge in [0.25, 0.3) is 0 Å². The van der Waals surface area contributed by atoms with Gasteiger partial charge in [0.2, 0.25) is 0 Å². The van der Waals surface area contributed by atoms with E-state index < -0.39 is 49.1 Å². The topological polar surface area (TPSA) is 176 Å². The molecule has 26 heavy (non-hydrogen) atoms. The molecule has 0 radical (unpaired) electrons. The molecule has 3 rings (SSSR count). The highest BCUT2D eigenvalue weighted by Gasteiger charge is 2.49. The van der Waals surface area contributed by atoms with Crippen LogP contribution in [0.25, 0.3) is 0 Å². The number of aliphatic hydroxyl groups is 3. The second-order valence-electron chi connectivity index (χ2n) is 7.42. The van der Waals surface area contributed by atoms with Gasteiger partial charge in [-0.3, -0.25) is 0 Å². The Hall–Kier alpha value is -0.400. The van der Waals surface area contributed by atoms with Gasteiger partial charge in [0.1, 0.15) is 18.3 Å². The molecule has 2 saturated heterocycles. The van der Waals surface area contributed by atoms with Gasteiger partial charge >= 0.3 is 0 Å². The molecule has 2 aliphatic heterocycles. The summed E-state index contributed by atoms with van der Waals surface area (Å²) in [6, 6.07) is -1.02. The molecule has 0 aromatic rings. The van der Waals surface area contributed by atoms with Crippen molar-refractivity contribution in [2.75, 3.05) is 13.2 Å². The van der Waals surface area contributed by atoms with Crippen LogP contribution < -0.4 is 17.2 Å². The zero-order valence-electron chi connectivity index (χ0n) is 14.7. The molecule has 10 heteroatoms. The zero-order chi connectivity index (χ0) is 18.8. The second-order valence-corrected chi connectivity index (χ2v) is 7.42. The maximum atomic E-state index is 10.6. The number of nitrogens with two attached hydrogens (primary N) is 3. The molecule has 0 bridgehead atoms. The van der Waals surface area contributed by atoms with Crippen molar-refractivity contribution in [3.05, 3.63) is 0 Å². The predicted molar refractivity (Wildman–Crippen MR) is 89.6 cm³/mol. The maximum absolute atomic E-state index is 10.6. The van der Waals surface area contributed by atoms with Crippen molar-refractivity contribution in [1.29, 1.82) is 0 Å². The SMILES string of the molecule is N[C@H]1C[C@@H](N)[C@H](O)[C@@H](O[C@@H]2O[C@H](CO)[C@@H](O[C@H]3OCCC[C@H]3N)[C@H]2O)C1. The summed E-state index contributed by atoms with van der Waals surface area (Å²) in [7, 11) is 0. The Kier molecular flexibility index (Phi) is 6.83. The van der Waals surface area contributed by atoms with Gasteiger partial charge in [-0.05, 0) is 25.7 Å². The molecule has 10 nitrogen and oxygen atoms in total. The molecular formula is C16H31N3O7. The fraction of sp³-hybridized carbons (Fsp3) is 1.00. The van der Waals surface area contributed by atoms with E-state index in [2.05, 4.69) is 0 Å². The summed E-state index contributed by atoms with van der Waals surface area (Å²) >= 11 is 0. The Balaban J connectivity index is 1.62. The van der Waals surface area contributed by atoms with E-state index in [4.69, 9.17) is 36.1 Å². The minimum absolute atomic E-state index is 0.203. The van der Waals surface area contributed by atoms with Gasteiger partial charge in [-0.15, -0.1) is 0 Å². The van der Waals surface area contributed by atoms with Crippen LogP contribution in [-0.4, -0.2) is 89.8 Å². The zero-order valence-corrected chi connectivity index (χ0v) is 14.7. The first-order chi connectivity index (χ1) is 12.4.